The number of hydrogen-bond donors (Lipinski definition) is 3. The Hall–Kier alpha value is -2.56. The fourth-order valence-electron chi connectivity index (χ4n) is 1.33. The molecule has 0 unspecified atom stereocenters. The molecule has 2 aromatic rings. The lowest BCUT2D eigenvalue weighted by Gasteiger charge is -2.06. The molecule has 0 saturated heterocycles. The fraction of sp³-hybridized carbons (Fsp3) is 0. The van der Waals surface area contributed by atoms with Crippen molar-refractivity contribution < 1.29 is 15.0 Å². The van der Waals surface area contributed by atoms with Crippen molar-refractivity contribution >= 4 is 11.7 Å². The minimum Gasteiger partial charge on any atom is -0.508 e. The molecule has 1 aromatic carbocycles. The van der Waals surface area contributed by atoms with Crippen LogP contribution in [0.1, 0.15) is 10.4 Å². The van der Waals surface area contributed by atoms with Gasteiger partial charge >= 0.3 is 0 Å². The first-order valence-electron chi connectivity index (χ1n) is 4.91. The second-order valence-corrected chi connectivity index (χ2v) is 3.37. The molecular weight excluding hydrogens is 220 g/mol. The molecule has 0 radical (unpaired) electrons. The molecule has 5 heteroatoms. The summed E-state index contributed by atoms with van der Waals surface area (Å²) in [7, 11) is 0. The van der Waals surface area contributed by atoms with Gasteiger partial charge in [-0.05, 0) is 30.3 Å². The van der Waals surface area contributed by atoms with E-state index >= 15 is 0 Å². The van der Waals surface area contributed by atoms with E-state index in [2.05, 4.69) is 10.3 Å². The highest BCUT2D eigenvalue weighted by molar-refractivity contribution is 6.05. The maximum Gasteiger partial charge on any atom is 0.260 e. The van der Waals surface area contributed by atoms with Crippen LogP contribution in [0.2, 0.25) is 0 Å². The van der Waals surface area contributed by atoms with Crippen LogP contribution in [0.4, 0.5) is 5.82 Å². The predicted molar refractivity (Wildman–Crippen MR) is 62.0 cm³/mol. The molecule has 1 amide bonds. The summed E-state index contributed by atoms with van der Waals surface area (Å²) in [6.45, 7) is 0. The van der Waals surface area contributed by atoms with Gasteiger partial charge in [0.25, 0.3) is 5.91 Å². The van der Waals surface area contributed by atoms with Gasteiger partial charge in [0.1, 0.15) is 17.3 Å². The minimum absolute atomic E-state index is 0.00402. The quantitative estimate of drug-likeness (QED) is 0.686. The van der Waals surface area contributed by atoms with Crippen molar-refractivity contribution in [2.45, 2.75) is 0 Å². The van der Waals surface area contributed by atoms with Crippen molar-refractivity contribution in [1.29, 1.82) is 0 Å². The van der Waals surface area contributed by atoms with E-state index in [4.69, 9.17) is 0 Å². The number of phenolic OH excluding ortho intramolecular Hbond substituents is 2. The van der Waals surface area contributed by atoms with Gasteiger partial charge in [0.05, 0.1) is 5.56 Å². The molecule has 2 rings (SSSR count). The summed E-state index contributed by atoms with van der Waals surface area (Å²) in [4.78, 5) is 15.7. The van der Waals surface area contributed by atoms with Crippen molar-refractivity contribution in [3.8, 4) is 11.5 Å². The molecule has 0 aliphatic rings. The molecule has 0 saturated carbocycles. The second-order valence-electron chi connectivity index (χ2n) is 3.37. The third-order valence-electron chi connectivity index (χ3n) is 2.13. The van der Waals surface area contributed by atoms with Crippen LogP contribution in [0.3, 0.4) is 0 Å². The summed E-state index contributed by atoms with van der Waals surface area (Å²) in [6.07, 6.45) is 1.54. The first-order chi connectivity index (χ1) is 8.16. The van der Waals surface area contributed by atoms with Crippen molar-refractivity contribution in [3.63, 3.8) is 0 Å². The number of pyridine rings is 1. The van der Waals surface area contributed by atoms with E-state index in [-0.39, 0.29) is 17.1 Å². The maximum atomic E-state index is 11.8. The van der Waals surface area contributed by atoms with Gasteiger partial charge in [-0.2, -0.15) is 0 Å². The second kappa shape index (κ2) is 4.52. The van der Waals surface area contributed by atoms with Crippen LogP contribution in [0.5, 0.6) is 11.5 Å². The molecule has 1 heterocycles. The Labute approximate surface area is 97.4 Å². The number of hydrogen-bond acceptors (Lipinski definition) is 4. The Morgan fingerprint density at radius 3 is 2.71 bits per heavy atom. The van der Waals surface area contributed by atoms with Crippen molar-refractivity contribution in [1.82, 2.24) is 4.98 Å². The largest absolute Gasteiger partial charge is 0.508 e. The van der Waals surface area contributed by atoms with Crippen LogP contribution in [0.25, 0.3) is 0 Å². The number of amides is 1. The highest BCUT2D eigenvalue weighted by Crippen LogP contribution is 2.22. The average Bonchev–Trinajstić information content (AvgIpc) is 2.33. The molecule has 0 atom stereocenters. The van der Waals surface area contributed by atoms with Gasteiger partial charge in [-0.15, -0.1) is 0 Å². The van der Waals surface area contributed by atoms with Gasteiger partial charge in [0.15, 0.2) is 0 Å². The van der Waals surface area contributed by atoms with Crippen molar-refractivity contribution in [2.75, 3.05) is 5.32 Å². The summed E-state index contributed by atoms with van der Waals surface area (Å²) >= 11 is 0. The van der Waals surface area contributed by atoms with Crippen LogP contribution in [0.15, 0.2) is 42.6 Å². The topological polar surface area (TPSA) is 82.5 Å². The van der Waals surface area contributed by atoms with Gasteiger partial charge < -0.3 is 15.5 Å². The molecular formula is C12H10N2O3. The summed E-state index contributed by atoms with van der Waals surface area (Å²) in [5.74, 6) is -0.442. The van der Waals surface area contributed by atoms with E-state index < -0.39 is 5.91 Å². The first kappa shape index (κ1) is 10.9. The van der Waals surface area contributed by atoms with Crippen LogP contribution >= 0.6 is 0 Å². The number of benzene rings is 1. The Morgan fingerprint density at radius 2 is 2.00 bits per heavy atom. The smallest absolute Gasteiger partial charge is 0.260 e. The Balaban J connectivity index is 2.23. The normalized spacial score (nSPS) is 9.88. The van der Waals surface area contributed by atoms with E-state index in [1.165, 1.54) is 24.4 Å². The zero-order chi connectivity index (χ0) is 12.3. The SMILES string of the molecule is O=C(Nc1ccccn1)c1cc(O)ccc1O. The molecule has 0 spiro atoms. The standard InChI is InChI=1S/C12H10N2O3/c15-8-4-5-10(16)9(7-8)12(17)14-11-3-1-2-6-13-11/h1-7,15-16H,(H,13,14,17). The van der Waals surface area contributed by atoms with Gasteiger partial charge in [0.2, 0.25) is 0 Å². The van der Waals surface area contributed by atoms with Crippen LogP contribution in [0, 0.1) is 0 Å². The molecule has 86 valence electrons. The zero-order valence-corrected chi connectivity index (χ0v) is 8.79. The average molecular weight is 230 g/mol. The molecule has 5 nitrogen and oxygen atoms in total. The number of aromatic nitrogens is 1. The van der Waals surface area contributed by atoms with E-state index in [0.29, 0.717) is 5.82 Å². The molecule has 0 fully saturated rings. The Bertz CT molecular complexity index is 541. The molecule has 0 aliphatic carbocycles. The van der Waals surface area contributed by atoms with E-state index in [1.54, 1.807) is 18.2 Å². The van der Waals surface area contributed by atoms with E-state index in [0.717, 1.165) is 0 Å². The van der Waals surface area contributed by atoms with Gasteiger partial charge in [-0.1, -0.05) is 6.07 Å². The van der Waals surface area contributed by atoms with E-state index in [1.807, 2.05) is 0 Å². The number of carbonyl (C=O) groups excluding carboxylic acids is 1. The van der Waals surface area contributed by atoms with Crippen molar-refractivity contribution in [3.05, 3.63) is 48.2 Å². The fourth-order valence-corrected chi connectivity index (χ4v) is 1.33. The Kier molecular flexibility index (Phi) is 2.91. The number of carbonyl (C=O) groups is 1. The molecule has 0 aliphatic heterocycles. The zero-order valence-electron chi connectivity index (χ0n) is 8.79. The number of nitrogens with zero attached hydrogens (tertiary/aromatic N) is 1. The lowest BCUT2D eigenvalue weighted by atomic mass is 10.2. The Morgan fingerprint density at radius 1 is 1.18 bits per heavy atom. The van der Waals surface area contributed by atoms with Crippen molar-refractivity contribution in [2.24, 2.45) is 0 Å². The van der Waals surface area contributed by atoms with E-state index in [9.17, 15) is 15.0 Å². The van der Waals surface area contributed by atoms with Crippen LogP contribution < -0.4 is 5.32 Å². The number of nitrogens with one attached hydrogen (secondary N) is 1. The molecule has 3 N–H and O–H groups in total. The molecule has 0 bridgehead atoms. The summed E-state index contributed by atoms with van der Waals surface area (Å²) in [5, 5.41) is 21.2. The number of rotatable bonds is 2. The van der Waals surface area contributed by atoms with Crippen LogP contribution in [-0.4, -0.2) is 21.1 Å². The predicted octanol–water partition coefficient (Wildman–Crippen LogP) is 1.75. The number of anilines is 1. The monoisotopic (exact) mass is 230 g/mol. The lowest BCUT2D eigenvalue weighted by molar-refractivity contribution is 0.102. The molecule has 1 aromatic heterocycles. The maximum absolute atomic E-state index is 11.8. The van der Waals surface area contributed by atoms with Crippen LogP contribution in [-0.2, 0) is 0 Å². The number of aromatic hydroxyl groups is 2. The highest BCUT2D eigenvalue weighted by atomic mass is 16.3. The van der Waals surface area contributed by atoms with Gasteiger partial charge in [-0.3, -0.25) is 4.79 Å². The lowest BCUT2D eigenvalue weighted by Crippen LogP contribution is -2.12. The minimum atomic E-state index is -0.530. The summed E-state index contributed by atoms with van der Waals surface area (Å²) in [5.41, 5.74) is -0.00402. The summed E-state index contributed by atoms with van der Waals surface area (Å²) < 4.78 is 0. The third kappa shape index (κ3) is 2.52. The molecule has 17 heavy (non-hydrogen) atoms. The van der Waals surface area contributed by atoms with Gasteiger partial charge in [-0.25, -0.2) is 4.98 Å². The first-order valence-corrected chi connectivity index (χ1v) is 4.91. The number of phenols is 2. The third-order valence-corrected chi connectivity index (χ3v) is 2.13. The highest BCUT2D eigenvalue weighted by Gasteiger charge is 2.12. The van der Waals surface area contributed by atoms with Gasteiger partial charge in [0, 0.05) is 6.20 Å². The summed E-state index contributed by atoms with van der Waals surface area (Å²) in [6, 6.07) is 8.81.